The molecule has 1 saturated heterocycles. The van der Waals surface area contributed by atoms with Gasteiger partial charge < -0.3 is 10.2 Å². The van der Waals surface area contributed by atoms with E-state index in [2.05, 4.69) is 29.0 Å². The lowest BCUT2D eigenvalue weighted by Gasteiger charge is -2.36. The molecule has 0 atom stereocenters. The second-order valence-corrected chi connectivity index (χ2v) is 7.29. The zero-order chi connectivity index (χ0) is 14.1. The van der Waals surface area contributed by atoms with Crippen LogP contribution < -0.4 is 10.2 Å². The van der Waals surface area contributed by atoms with Gasteiger partial charge in [0.2, 0.25) is 0 Å². The predicted molar refractivity (Wildman–Crippen MR) is 85.8 cm³/mol. The van der Waals surface area contributed by atoms with E-state index < -0.39 is 0 Å². The molecule has 2 heterocycles. The molecule has 1 aromatic rings. The average molecular weight is 294 g/mol. The summed E-state index contributed by atoms with van der Waals surface area (Å²) in [5, 5.41) is 4.54. The fourth-order valence-electron chi connectivity index (χ4n) is 2.88. The molecular formula is C15H26N4S. The Morgan fingerprint density at radius 3 is 2.50 bits per heavy atom. The van der Waals surface area contributed by atoms with Crippen LogP contribution in [0.2, 0.25) is 0 Å². The second kappa shape index (κ2) is 6.00. The number of aromatic nitrogens is 1. The van der Waals surface area contributed by atoms with Gasteiger partial charge in [0.1, 0.15) is 0 Å². The SMILES string of the molecule is CNCc1sc(N2CCN(C(C)C)CC2)nc1C1CC1. The van der Waals surface area contributed by atoms with Gasteiger partial charge in [0.05, 0.1) is 5.69 Å². The predicted octanol–water partition coefficient (Wildman–Crippen LogP) is 2.27. The van der Waals surface area contributed by atoms with Crippen LogP contribution in [0.15, 0.2) is 0 Å². The van der Waals surface area contributed by atoms with Crippen molar-refractivity contribution in [3.63, 3.8) is 0 Å². The van der Waals surface area contributed by atoms with E-state index in [1.54, 1.807) is 0 Å². The second-order valence-electron chi connectivity index (χ2n) is 6.23. The van der Waals surface area contributed by atoms with Gasteiger partial charge in [-0.15, -0.1) is 11.3 Å². The number of hydrogen-bond donors (Lipinski definition) is 1. The standard InChI is InChI=1S/C15H26N4S/c1-11(2)18-6-8-19(9-7-18)15-17-14(12-4-5-12)13(20-15)10-16-3/h11-12,16H,4-10H2,1-3H3. The maximum absolute atomic E-state index is 4.97. The first-order valence-corrected chi connectivity index (χ1v) is 8.64. The Bertz CT molecular complexity index is 445. The molecule has 0 aromatic carbocycles. The van der Waals surface area contributed by atoms with Crippen molar-refractivity contribution in [1.29, 1.82) is 0 Å². The summed E-state index contributed by atoms with van der Waals surface area (Å²) in [6, 6.07) is 0.662. The van der Waals surface area contributed by atoms with Crippen molar-refractivity contribution < 1.29 is 0 Å². The number of anilines is 1. The lowest BCUT2D eigenvalue weighted by Crippen LogP contribution is -2.48. The van der Waals surface area contributed by atoms with Crippen LogP contribution in [0.3, 0.4) is 0 Å². The third-order valence-corrected chi connectivity index (χ3v) is 5.46. The molecule has 0 bridgehead atoms. The Hall–Kier alpha value is -0.650. The molecule has 1 aliphatic carbocycles. The smallest absolute Gasteiger partial charge is 0.185 e. The van der Waals surface area contributed by atoms with E-state index in [4.69, 9.17) is 4.98 Å². The Morgan fingerprint density at radius 1 is 1.25 bits per heavy atom. The van der Waals surface area contributed by atoms with Gasteiger partial charge >= 0.3 is 0 Å². The van der Waals surface area contributed by atoms with E-state index in [0.29, 0.717) is 6.04 Å². The minimum atomic E-state index is 0.662. The fraction of sp³-hybridized carbons (Fsp3) is 0.800. The van der Waals surface area contributed by atoms with Gasteiger partial charge in [-0.05, 0) is 33.7 Å². The highest BCUT2D eigenvalue weighted by Gasteiger charge is 2.31. The maximum atomic E-state index is 4.97. The monoisotopic (exact) mass is 294 g/mol. The molecule has 0 unspecified atom stereocenters. The summed E-state index contributed by atoms with van der Waals surface area (Å²) in [4.78, 5) is 11.5. The Labute approximate surface area is 126 Å². The van der Waals surface area contributed by atoms with Crippen molar-refractivity contribution in [2.24, 2.45) is 0 Å². The molecule has 0 amide bonds. The van der Waals surface area contributed by atoms with Crippen molar-refractivity contribution in [1.82, 2.24) is 15.2 Å². The maximum Gasteiger partial charge on any atom is 0.185 e. The fourth-order valence-corrected chi connectivity index (χ4v) is 4.09. The molecule has 0 spiro atoms. The summed E-state index contributed by atoms with van der Waals surface area (Å²) in [7, 11) is 2.03. The molecule has 2 aliphatic rings. The molecule has 3 rings (SSSR count). The van der Waals surface area contributed by atoms with Crippen LogP contribution in [-0.4, -0.2) is 49.2 Å². The lowest BCUT2D eigenvalue weighted by atomic mass is 10.2. The number of nitrogens with one attached hydrogen (secondary N) is 1. The molecular weight excluding hydrogens is 268 g/mol. The molecule has 1 N–H and O–H groups in total. The van der Waals surface area contributed by atoms with Crippen LogP contribution in [0.25, 0.3) is 0 Å². The van der Waals surface area contributed by atoms with E-state index in [0.717, 1.165) is 38.6 Å². The minimum absolute atomic E-state index is 0.662. The molecule has 2 fully saturated rings. The van der Waals surface area contributed by atoms with E-state index in [-0.39, 0.29) is 0 Å². The number of piperazine rings is 1. The zero-order valence-corrected chi connectivity index (χ0v) is 13.7. The van der Waals surface area contributed by atoms with E-state index >= 15 is 0 Å². The van der Waals surface area contributed by atoms with Gasteiger partial charge in [-0.3, -0.25) is 4.90 Å². The van der Waals surface area contributed by atoms with Gasteiger partial charge in [0, 0.05) is 49.6 Å². The van der Waals surface area contributed by atoms with E-state index in [1.807, 2.05) is 18.4 Å². The van der Waals surface area contributed by atoms with Crippen LogP contribution in [0.5, 0.6) is 0 Å². The van der Waals surface area contributed by atoms with Gasteiger partial charge in [-0.25, -0.2) is 4.98 Å². The van der Waals surface area contributed by atoms with Crippen molar-refractivity contribution in [2.45, 2.75) is 45.2 Å². The normalized spacial score (nSPS) is 20.9. The molecule has 20 heavy (non-hydrogen) atoms. The average Bonchev–Trinajstić information content (AvgIpc) is 3.21. The van der Waals surface area contributed by atoms with Crippen LogP contribution in [0.1, 0.15) is 43.2 Å². The summed E-state index contributed by atoms with van der Waals surface area (Å²) < 4.78 is 0. The summed E-state index contributed by atoms with van der Waals surface area (Å²) in [6.45, 7) is 10.1. The third-order valence-electron chi connectivity index (χ3n) is 4.33. The van der Waals surface area contributed by atoms with Crippen LogP contribution >= 0.6 is 11.3 Å². The highest BCUT2D eigenvalue weighted by atomic mass is 32.1. The van der Waals surface area contributed by atoms with Crippen molar-refractivity contribution in [3.8, 4) is 0 Å². The Morgan fingerprint density at radius 2 is 1.95 bits per heavy atom. The highest BCUT2D eigenvalue weighted by Crippen LogP contribution is 2.44. The largest absolute Gasteiger partial charge is 0.346 e. The molecule has 0 radical (unpaired) electrons. The Kier molecular flexibility index (Phi) is 4.29. The summed E-state index contributed by atoms with van der Waals surface area (Å²) in [5.74, 6) is 0.750. The van der Waals surface area contributed by atoms with Gasteiger partial charge in [0.15, 0.2) is 5.13 Å². The van der Waals surface area contributed by atoms with Gasteiger partial charge in [-0.2, -0.15) is 0 Å². The van der Waals surface area contributed by atoms with Crippen LogP contribution in [-0.2, 0) is 6.54 Å². The quantitative estimate of drug-likeness (QED) is 0.903. The third kappa shape index (κ3) is 3.00. The summed E-state index contributed by atoms with van der Waals surface area (Å²) in [5.41, 5.74) is 1.38. The molecule has 1 saturated carbocycles. The first kappa shape index (κ1) is 14.3. The van der Waals surface area contributed by atoms with Crippen molar-refractivity contribution >= 4 is 16.5 Å². The van der Waals surface area contributed by atoms with Gasteiger partial charge in [-0.1, -0.05) is 0 Å². The molecule has 4 nitrogen and oxygen atoms in total. The van der Waals surface area contributed by atoms with E-state index in [9.17, 15) is 0 Å². The van der Waals surface area contributed by atoms with Crippen LogP contribution in [0, 0.1) is 0 Å². The van der Waals surface area contributed by atoms with Crippen molar-refractivity contribution in [3.05, 3.63) is 10.6 Å². The summed E-state index contributed by atoms with van der Waals surface area (Å²) in [6.07, 6.45) is 2.67. The first-order valence-electron chi connectivity index (χ1n) is 7.82. The van der Waals surface area contributed by atoms with E-state index in [1.165, 1.54) is 28.5 Å². The number of nitrogens with zero attached hydrogens (tertiary/aromatic N) is 3. The zero-order valence-electron chi connectivity index (χ0n) is 12.9. The van der Waals surface area contributed by atoms with Gasteiger partial charge in [0.25, 0.3) is 0 Å². The number of thiazole rings is 1. The number of rotatable bonds is 5. The first-order chi connectivity index (χ1) is 9.69. The highest BCUT2D eigenvalue weighted by molar-refractivity contribution is 7.15. The molecule has 1 aromatic heterocycles. The number of hydrogen-bond acceptors (Lipinski definition) is 5. The van der Waals surface area contributed by atoms with Crippen molar-refractivity contribution in [2.75, 3.05) is 38.1 Å². The minimum Gasteiger partial charge on any atom is -0.346 e. The molecule has 5 heteroatoms. The summed E-state index contributed by atoms with van der Waals surface area (Å²) >= 11 is 1.90. The Balaban J connectivity index is 1.69. The lowest BCUT2D eigenvalue weighted by molar-refractivity contribution is 0.209. The topological polar surface area (TPSA) is 31.4 Å². The van der Waals surface area contributed by atoms with Crippen LogP contribution in [0.4, 0.5) is 5.13 Å². The molecule has 1 aliphatic heterocycles. The molecule has 112 valence electrons.